The molecule has 0 aliphatic heterocycles. The minimum Gasteiger partial charge on any atom is -0.318 e. The average molecular weight is 439 g/mol. The van der Waals surface area contributed by atoms with Crippen LogP contribution >= 0.6 is 17.9 Å². The van der Waals surface area contributed by atoms with Gasteiger partial charge in [0.25, 0.3) is 0 Å². The van der Waals surface area contributed by atoms with E-state index in [1.54, 1.807) is 0 Å². The van der Waals surface area contributed by atoms with Crippen molar-refractivity contribution in [2.75, 3.05) is 0 Å². The van der Waals surface area contributed by atoms with Gasteiger partial charge < -0.3 is 9.05 Å². The zero-order valence-electron chi connectivity index (χ0n) is 19.2. The Bertz CT molecular complexity index is 381. The van der Waals surface area contributed by atoms with Crippen molar-refractivity contribution in [1.82, 2.24) is 0 Å². The number of hydrogen-bond acceptors (Lipinski definition) is 3. The monoisotopic (exact) mass is 438 g/mol. The van der Waals surface area contributed by atoms with Crippen LogP contribution in [0.3, 0.4) is 0 Å². The molecule has 0 heterocycles. The van der Waals surface area contributed by atoms with Crippen molar-refractivity contribution in [2.45, 2.75) is 119 Å². The molecule has 27 heavy (non-hydrogen) atoms. The Morgan fingerprint density at radius 1 is 0.741 bits per heavy atom. The van der Waals surface area contributed by atoms with Gasteiger partial charge in [0.15, 0.2) is 0 Å². The van der Waals surface area contributed by atoms with E-state index < -0.39 is 5.69 Å². The lowest BCUT2D eigenvalue weighted by atomic mass is 9.87. The van der Waals surface area contributed by atoms with Crippen LogP contribution in [-0.4, -0.2) is 12.2 Å². The molecule has 0 spiro atoms. The summed E-state index contributed by atoms with van der Waals surface area (Å²) in [5, 5.41) is 0. The minimum absolute atomic E-state index is 0.133. The molecule has 0 aliphatic rings. The molecule has 0 amide bonds. The Morgan fingerprint density at radius 3 is 1.30 bits per heavy atom. The molecule has 0 saturated carbocycles. The van der Waals surface area contributed by atoms with Crippen molar-refractivity contribution in [2.24, 2.45) is 23.7 Å². The van der Waals surface area contributed by atoms with Crippen LogP contribution in [0.1, 0.15) is 107 Å². The third kappa shape index (κ3) is 11.0. The molecule has 0 rings (SSSR count). The van der Waals surface area contributed by atoms with Crippen LogP contribution in [0.4, 0.5) is 0 Å². The Morgan fingerprint density at radius 2 is 1.07 bits per heavy atom. The van der Waals surface area contributed by atoms with Gasteiger partial charge in [-0.05, 0) is 48.3 Å². The van der Waals surface area contributed by atoms with E-state index in [9.17, 15) is 0 Å². The maximum Gasteiger partial charge on any atom is 0.244 e. The van der Waals surface area contributed by atoms with Crippen molar-refractivity contribution in [3.8, 4) is 0 Å². The summed E-state index contributed by atoms with van der Waals surface area (Å²) in [6.45, 7) is 18.0. The van der Waals surface area contributed by atoms with E-state index in [4.69, 9.17) is 33.1 Å². The molecule has 0 aliphatic carbocycles. The third-order valence-corrected chi connectivity index (χ3v) is 7.76. The molecule has 2 nitrogen and oxygen atoms in total. The maximum absolute atomic E-state index is 6.50. The third-order valence-electron chi connectivity index (χ3n) is 5.66. The van der Waals surface area contributed by atoms with Gasteiger partial charge in [-0.3, -0.25) is 0 Å². The number of thiol groups is 1. The smallest absolute Gasteiger partial charge is 0.244 e. The summed E-state index contributed by atoms with van der Waals surface area (Å²) >= 11 is 10.6. The average Bonchev–Trinajstić information content (AvgIpc) is 2.60. The van der Waals surface area contributed by atoms with Gasteiger partial charge in [0.05, 0.1) is 12.2 Å². The van der Waals surface area contributed by atoms with E-state index >= 15 is 0 Å². The normalized spacial score (nSPS) is 19.1. The van der Waals surface area contributed by atoms with Crippen LogP contribution < -0.4 is 0 Å². The summed E-state index contributed by atoms with van der Waals surface area (Å²) in [5.74, 6) is 1.90. The Labute approximate surface area is 181 Å². The molecule has 0 aromatic carbocycles. The van der Waals surface area contributed by atoms with Crippen LogP contribution in [-0.2, 0) is 20.9 Å². The van der Waals surface area contributed by atoms with Crippen molar-refractivity contribution >= 4 is 29.7 Å². The second kappa shape index (κ2) is 14.8. The molecule has 164 valence electrons. The first kappa shape index (κ1) is 27.9. The van der Waals surface area contributed by atoms with Gasteiger partial charge in [-0.25, -0.2) is 0 Å². The fraction of sp³-hybridized carbons (Fsp3) is 1.00. The van der Waals surface area contributed by atoms with Gasteiger partial charge in [-0.15, -0.1) is 0 Å². The molecule has 0 N–H and O–H groups in total. The largest absolute Gasteiger partial charge is 0.318 e. The quantitative estimate of drug-likeness (QED) is 0.192. The SMILES string of the molecule is CCCCC(CC)C(OP(=S)(S)OC(C(C)C)C(CC)CCCC)C(C)C. The van der Waals surface area contributed by atoms with Gasteiger partial charge in [0.2, 0.25) is 5.69 Å². The lowest BCUT2D eigenvalue weighted by molar-refractivity contribution is 0.0413. The molecule has 4 atom stereocenters. The van der Waals surface area contributed by atoms with E-state index in [0.29, 0.717) is 23.7 Å². The van der Waals surface area contributed by atoms with Gasteiger partial charge in [-0.2, -0.15) is 0 Å². The molecule has 5 heteroatoms. The summed E-state index contributed by atoms with van der Waals surface area (Å²) in [6.07, 6.45) is 9.82. The Kier molecular flexibility index (Phi) is 15.3. The lowest BCUT2D eigenvalue weighted by Gasteiger charge is -2.37. The van der Waals surface area contributed by atoms with Gasteiger partial charge in [0, 0.05) is 0 Å². The fourth-order valence-electron chi connectivity index (χ4n) is 3.97. The Balaban J connectivity index is 5.26. The van der Waals surface area contributed by atoms with Crippen LogP contribution in [0, 0.1) is 23.7 Å². The first-order valence-electron chi connectivity index (χ1n) is 11.3. The van der Waals surface area contributed by atoms with E-state index in [1.165, 1.54) is 38.5 Å². The van der Waals surface area contributed by atoms with Crippen LogP contribution in [0.25, 0.3) is 0 Å². The van der Waals surface area contributed by atoms with Crippen molar-refractivity contribution in [3.05, 3.63) is 0 Å². The lowest BCUT2D eigenvalue weighted by Crippen LogP contribution is -2.31. The van der Waals surface area contributed by atoms with Gasteiger partial charge in [-0.1, -0.05) is 106 Å². The molecule has 0 aromatic rings. The highest BCUT2D eigenvalue weighted by Gasteiger charge is 2.33. The second-order valence-electron chi connectivity index (χ2n) is 8.72. The Hall–Kier alpha value is 0.920. The van der Waals surface area contributed by atoms with Crippen molar-refractivity contribution < 1.29 is 9.05 Å². The van der Waals surface area contributed by atoms with E-state index in [-0.39, 0.29) is 12.2 Å². The summed E-state index contributed by atoms with van der Waals surface area (Å²) in [4.78, 5) is 0. The van der Waals surface area contributed by atoms with E-state index in [1.807, 2.05) is 0 Å². The molecule has 4 unspecified atom stereocenters. The number of unbranched alkanes of at least 4 members (excludes halogenated alkanes) is 2. The predicted octanol–water partition coefficient (Wildman–Crippen LogP) is 8.66. The fourth-order valence-corrected chi connectivity index (χ4v) is 6.72. The van der Waals surface area contributed by atoms with Gasteiger partial charge >= 0.3 is 0 Å². The summed E-state index contributed by atoms with van der Waals surface area (Å²) in [6, 6.07) is 0. The van der Waals surface area contributed by atoms with Crippen LogP contribution in [0.2, 0.25) is 0 Å². The van der Waals surface area contributed by atoms with Gasteiger partial charge in [0.1, 0.15) is 0 Å². The highest BCUT2D eigenvalue weighted by atomic mass is 32.9. The standard InChI is InChI=1S/C22H47O2PS2/c1-9-13-15-19(11-3)21(17(5)6)23-25(26,27)24-22(18(7)8)20(12-4)16-14-10-2/h17-22H,9-16H2,1-8H3,(H,26,27). The molecule has 0 radical (unpaired) electrons. The van der Waals surface area contributed by atoms with E-state index in [0.717, 1.165) is 12.8 Å². The highest BCUT2D eigenvalue weighted by molar-refractivity contribution is 8.60. The molecular formula is C22H47O2PS2. The molecular weight excluding hydrogens is 391 g/mol. The van der Waals surface area contributed by atoms with E-state index in [2.05, 4.69) is 55.4 Å². The summed E-state index contributed by atoms with van der Waals surface area (Å²) in [5.41, 5.74) is -2.58. The van der Waals surface area contributed by atoms with Crippen molar-refractivity contribution in [3.63, 3.8) is 0 Å². The zero-order valence-corrected chi connectivity index (χ0v) is 21.8. The maximum atomic E-state index is 6.50. The molecule has 0 aromatic heterocycles. The topological polar surface area (TPSA) is 18.5 Å². The van der Waals surface area contributed by atoms with Crippen molar-refractivity contribution in [1.29, 1.82) is 0 Å². The van der Waals surface area contributed by atoms with Crippen LogP contribution in [0.15, 0.2) is 0 Å². The molecule has 0 fully saturated rings. The first-order chi connectivity index (χ1) is 12.6. The molecule has 0 bridgehead atoms. The first-order valence-corrected chi connectivity index (χ1v) is 15.1. The number of rotatable bonds is 16. The van der Waals surface area contributed by atoms with Crippen LogP contribution in [0.5, 0.6) is 0 Å². The molecule has 0 saturated heterocycles. The summed E-state index contributed by atoms with van der Waals surface area (Å²) in [7, 11) is 0. The zero-order chi connectivity index (χ0) is 21.0. The highest BCUT2D eigenvalue weighted by Crippen LogP contribution is 2.58. The minimum atomic E-state index is -2.58. The second-order valence-corrected chi connectivity index (χ2v) is 13.9. The number of hydrogen-bond donors (Lipinski definition) is 1. The summed E-state index contributed by atoms with van der Waals surface area (Å²) < 4.78 is 13.0. The predicted molar refractivity (Wildman–Crippen MR) is 129 cm³/mol.